The molecule has 26 heavy (non-hydrogen) atoms. The number of imidazole rings is 1. The van der Waals surface area contributed by atoms with Crippen molar-refractivity contribution >= 4 is 5.82 Å². The average Bonchev–Trinajstić information content (AvgIpc) is 3.17. The second-order valence-corrected chi connectivity index (χ2v) is 6.41. The number of methoxy groups -OCH3 is 1. The Labute approximate surface area is 152 Å². The second kappa shape index (κ2) is 7.51. The highest BCUT2D eigenvalue weighted by molar-refractivity contribution is 5.48. The molecule has 0 saturated carbocycles. The molecule has 134 valence electrons. The molecule has 3 aromatic rings. The molecule has 0 unspecified atom stereocenters. The zero-order chi connectivity index (χ0) is 17.8. The van der Waals surface area contributed by atoms with Crippen molar-refractivity contribution in [3.8, 4) is 5.88 Å². The maximum Gasteiger partial charge on any atom is 0.257 e. The molecule has 0 spiro atoms. The molecule has 0 radical (unpaired) electrons. The van der Waals surface area contributed by atoms with Crippen LogP contribution in [0.5, 0.6) is 5.88 Å². The van der Waals surface area contributed by atoms with Gasteiger partial charge in [0.1, 0.15) is 5.82 Å². The van der Waals surface area contributed by atoms with Crippen molar-refractivity contribution in [1.29, 1.82) is 0 Å². The number of rotatable bonds is 5. The van der Waals surface area contributed by atoms with Crippen LogP contribution >= 0.6 is 0 Å². The Morgan fingerprint density at radius 2 is 2.00 bits per heavy atom. The van der Waals surface area contributed by atoms with Gasteiger partial charge in [-0.05, 0) is 25.0 Å². The van der Waals surface area contributed by atoms with Gasteiger partial charge in [-0.25, -0.2) is 15.0 Å². The molecule has 1 saturated heterocycles. The van der Waals surface area contributed by atoms with Gasteiger partial charge in [0.25, 0.3) is 5.88 Å². The van der Waals surface area contributed by atoms with Crippen LogP contribution in [-0.4, -0.2) is 44.7 Å². The topological polar surface area (TPSA) is 69.0 Å². The Kier molecular flexibility index (Phi) is 4.77. The van der Waals surface area contributed by atoms with E-state index in [2.05, 4.69) is 29.4 Å². The van der Waals surface area contributed by atoms with Gasteiger partial charge < -0.3 is 14.2 Å². The zero-order valence-electron chi connectivity index (χ0n) is 14.8. The van der Waals surface area contributed by atoms with Crippen molar-refractivity contribution in [2.24, 2.45) is 0 Å². The molecular weight excluding hydrogens is 328 g/mol. The Hall–Kier alpha value is -2.96. The molecule has 3 aromatic heterocycles. The third-order valence-corrected chi connectivity index (χ3v) is 4.73. The highest BCUT2D eigenvalue weighted by atomic mass is 16.5. The Morgan fingerprint density at radius 1 is 1.08 bits per heavy atom. The zero-order valence-corrected chi connectivity index (χ0v) is 14.8. The van der Waals surface area contributed by atoms with Crippen LogP contribution in [0, 0.1) is 0 Å². The van der Waals surface area contributed by atoms with E-state index in [0.29, 0.717) is 11.8 Å². The first-order valence-corrected chi connectivity index (χ1v) is 8.86. The minimum atomic E-state index is 0.342. The number of piperidine rings is 1. The number of hydrogen-bond acceptors (Lipinski definition) is 6. The van der Waals surface area contributed by atoms with Crippen LogP contribution in [-0.2, 0) is 6.54 Å². The van der Waals surface area contributed by atoms with Crippen LogP contribution in [0.4, 0.5) is 5.82 Å². The molecule has 7 nitrogen and oxygen atoms in total. The first-order chi connectivity index (χ1) is 12.8. The minimum Gasteiger partial charge on any atom is -0.478 e. The fourth-order valence-corrected chi connectivity index (χ4v) is 3.54. The van der Waals surface area contributed by atoms with Gasteiger partial charge in [0.05, 0.1) is 19.3 Å². The Bertz CT molecular complexity index is 850. The summed E-state index contributed by atoms with van der Waals surface area (Å²) in [6, 6.07) is 5.99. The van der Waals surface area contributed by atoms with Crippen LogP contribution < -0.4 is 9.64 Å². The number of hydrogen-bond donors (Lipinski definition) is 0. The van der Waals surface area contributed by atoms with E-state index >= 15 is 0 Å². The molecule has 0 bridgehead atoms. The van der Waals surface area contributed by atoms with Gasteiger partial charge in [-0.2, -0.15) is 0 Å². The lowest BCUT2D eigenvalue weighted by molar-refractivity contribution is 0.390. The summed E-state index contributed by atoms with van der Waals surface area (Å²) in [5.41, 5.74) is 1.04. The van der Waals surface area contributed by atoms with Crippen molar-refractivity contribution in [2.75, 3.05) is 25.1 Å². The standard InChI is InChI=1S/C19H22N6O/c1-26-19-18(21-8-9-23-19)24-11-4-5-15(13-24)17-22-10-12-25(17)14-16-6-2-3-7-20-16/h2-3,6-10,12,15H,4-5,11,13-14H2,1H3/t15-/m1/s1. The normalized spacial score (nSPS) is 17.3. The first-order valence-electron chi connectivity index (χ1n) is 8.86. The van der Waals surface area contributed by atoms with E-state index in [4.69, 9.17) is 4.74 Å². The molecule has 1 fully saturated rings. The summed E-state index contributed by atoms with van der Waals surface area (Å²) in [6.45, 7) is 2.54. The highest BCUT2D eigenvalue weighted by Gasteiger charge is 2.27. The number of nitrogens with zero attached hydrogens (tertiary/aromatic N) is 6. The van der Waals surface area contributed by atoms with Crippen LogP contribution in [0.2, 0.25) is 0 Å². The Balaban J connectivity index is 1.55. The van der Waals surface area contributed by atoms with E-state index in [0.717, 1.165) is 49.8 Å². The molecule has 0 aromatic carbocycles. The van der Waals surface area contributed by atoms with Gasteiger partial charge in [-0.1, -0.05) is 6.07 Å². The molecule has 7 heteroatoms. The summed E-state index contributed by atoms with van der Waals surface area (Å²) in [5.74, 6) is 2.82. The predicted octanol–water partition coefficient (Wildman–Crippen LogP) is 2.51. The van der Waals surface area contributed by atoms with E-state index in [-0.39, 0.29) is 0 Å². The Morgan fingerprint density at radius 3 is 2.85 bits per heavy atom. The fraction of sp³-hybridized carbons (Fsp3) is 0.368. The maximum atomic E-state index is 5.38. The summed E-state index contributed by atoms with van der Waals surface area (Å²) in [7, 11) is 1.63. The quantitative estimate of drug-likeness (QED) is 0.704. The first kappa shape index (κ1) is 16.5. The molecular formula is C19H22N6O. The van der Waals surface area contributed by atoms with Gasteiger partial charge in [-0.3, -0.25) is 4.98 Å². The molecule has 0 amide bonds. The van der Waals surface area contributed by atoms with Crippen molar-refractivity contribution < 1.29 is 4.74 Å². The van der Waals surface area contributed by atoms with Crippen molar-refractivity contribution in [1.82, 2.24) is 24.5 Å². The lowest BCUT2D eigenvalue weighted by Gasteiger charge is -2.33. The van der Waals surface area contributed by atoms with Crippen LogP contribution in [0.1, 0.15) is 30.3 Å². The van der Waals surface area contributed by atoms with Gasteiger partial charge in [0.2, 0.25) is 0 Å². The van der Waals surface area contributed by atoms with Gasteiger partial charge in [0.15, 0.2) is 5.82 Å². The van der Waals surface area contributed by atoms with Gasteiger partial charge >= 0.3 is 0 Å². The highest BCUT2D eigenvalue weighted by Crippen LogP contribution is 2.31. The smallest absolute Gasteiger partial charge is 0.257 e. The van der Waals surface area contributed by atoms with Crippen molar-refractivity contribution in [2.45, 2.75) is 25.3 Å². The summed E-state index contributed by atoms with van der Waals surface area (Å²) < 4.78 is 7.58. The lowest BCUT2D eigenvalue weighted by Crippen LogP contribution is -2.36. The number of ether oxygens (including phenoxy) is 1. The average molecular weight is 350 g/mol. The molecule has 0 N–H and O–H groups in total. The molecule has 0 aliphatic carbocycles. The number of aromatic nitrogens is 5. The summed E-state index contributed by atoms with van der Waals surface area (Å²) in [6.07, 6.45) is 11.3. The van der Waals surface area contributed by atoms with Crippen molar-refractivity contribution in [3.05, 3.63) is 60.7 Å². The van der Waals surface area contributed by atoms with Crippen LogP contribution in [0.15, 0.2) is 49.2 Å². The number of anilines is 1. The van der Waals surface area contributed by atoms with E-state index in [9.17, 15) is 0 Å². The molecule has 1 atom stereocenters. The molecule has 1 aliphatic heterocycles. The fourth-order valence-electron chi connectivity index (χ4n) is 3.54. The van der Waals surface area contributed by atoms with Crippen LogP contribution in [0.3, 0.4) is 0 Å². The maximum absolute atomic E-state index is 5.38. The minimum absolute atomic E-state index is 0.342. The van der Waals surface area contributed by atoms with Gasteiger partial charge in [0, 0.05) is 50.0 Å². The summed E-state index contributed by atoms with van der Waals surface area (Å²) in [4.78, 5) is 20.1. The lowest BCUT2D eigenvalue weighted by atomic mass is 9.97. The third-order valence-electron chi connectivity index (χ3n) is 4.73. The van der Waals surface area contributed by atoms with E-state index in [1.807, 2.05) is 36.8 Å². The SMILES string of the molecule is COc1nccnc1N1CCC[C@@H](c2nccn2Cc2ccccn2)C1. The predicted molar refractivity (Wildman–Crippen MR) is 98.3 cm³/mol. The van der Waals surface area contributed by atoms with Crippen molar-refractivity contribution in [3.63, 3.8) is 0 Å². The van der Waals surface area contributed by atoms with E-state index in [1.165, 1.54) is 0 Å². The largest absolute Gasteiger partial charge is 0.478 e. The molecule has 1 aliphatic rings. The van der Waals surface area contributed by atoms with Gasteiger partial charge in [-0.15, -0.1) is 0 Å². The monoisotopic (exact) mass is 350 g/mol. The summed E-state index contributed by atoms with van der Waals surface area (Å²) >= 11 is 0. The van der Waals surface area contributed by atoms with E-state index < -0.39 is 0 Å². The van der Waals surface area contributed by atoms with Crippen LogP contribution in [0.25, 0.3) is 0 Å². The number of pyridine rings is 1. The summed E-state index contributed by atoms with van der Waals surface area (Å²) in [5, 5.41) is 0. The van der Waals surface area contributed by atoms with E-state index in [1.54, 1.807) is 19.5 Å². The second-order valence-electron chi connectivity index (χ2n) is 6.41. The molecule has 4 heterocycles. The third kappa shape index (κ3) is 3.37. The molecule has 4 rings (SSSR count).